The number of benzene rings is 2. The third-order valence-corrected chi connectivity index (χ3v) is 5.27. The van der Waals surface area contributed by atoms with Gasteiger partial charge in [0.2, 0.25) is 5.78 Å². The minimum Gasteiger partial charge on any atom is -0.462 e. The number of aromatic amines is 1. The number of nitrogens with two attached hydrogens (primary N) is 1. The van der Waals surface area contributed by atoms with Gasteiger partial charge in [-0.3, -0.25) is 4.79 Å². The maximum atomic E-state index is 13.2. The number of Topliss-reactive ketones (excluding diaryl/α,β-unsaturated/α-hetero) is 1. The number of carbonyl (C=O) groups is 2. The van der Waals surface area contributed by atoms with Gasteiger partial charge in [-0.25, -0.2) is 4.79 Å². The summed E-state index contributed by atoms with van der Waals surface area (Å²) in [5, 5.41) is 2.03. The van der Waals surface area contributed by atoms with Crippen molar-refractivity contribution in [2.75, 3.05) is 13.2 Å². The highest BCUT2D eigenvalue weighted by Gasteiger charge is 2.27. The van der Waals surface area contributed by atoms with Crippen molar-refractivity contribution >= 4 is 11.8 Å². The van der Waals surface area contributed by atoms with E-state index in [1.165, 1.54) is 5.56 Å². The average molecular weight is 406 g/mol. The molecule has 1 heterocycles. The quantitative estimate of drug-likeness (QED) is 0.444. The van der Waals surface area contributed by atoms with E-state index in [0.717, 1.165) is 11.1 Å². The van der Waals surface area contributed by atoms with Gasteiger partial charge in [0.1, 0.15) is 12.6 Å². The van der Waals surface area contributed by atoms with Gasteiger partial charge in [0, 0.05) is 22.5 Å². The zero-order chi connectivity index (χ0) is 21.7. The first-order valence-corrected chi connectivity index (χ1v) is 10.3. The van der Waals surface area contributed by atoms with E-state index in [-0.39, 0.29) is 25.0 Å². The Balaban J connectivity index is 1.87. The summed E-state index contributed by atoms with van der Waals surface area (Å²) in [5.41, 5.74) is 5.58. The summed E-state index contributed by atoms with van der Waals surface area (Å²) < 4.78 is 5.17. The molecule has 1 aromatic heterocycles. The third-order valence-electron chi connectivity index (χ3n) is 5.27. The highest BCUT2D eigenvalue weighted by Crippen LogP contribution is 2.21. The second kappa shape index (κ2) is 9.55. The van der Waals surface area contributed by atoms with Gasteiger partial charge in [0.05, 0.1) is 17.7 Å². The lowest BCUT2D eigenvalue weighted by molar-refractivity contribution is -0.675. The molecule has 0 spiro atoms. The summed E-state index contributed by atoms with van der Waals surface area (Å²) in [6.07, 6.45) is 0. The van der Waals surface area contributed by atoms with Gasteiger partial charge in [-0.15, -0.1) is 0 Å². The van der Waals surface area contributed by atoms with E-state index in [0.29, 0.717) is 22.5 Å². The van der Waals surface area contributed by atoms with Crippen molar-refractivity contribution in [1.82, 2.24) is 4.98 Å². The molecule has 2 aromatic carbocycles. The van der Waals surface area contributed by atoms with Crippen LogP contribution in [0.1, 0.15) is 61.8 Å². The molecule has 0 aliphatic rings. The Morgan fingerprint density at radius 1 is 0.900 bits per heavy atom. The number of ketones is 1. The fourth-order valence-electron chi connectivity index (χ4n) is 3.81. The average Bonchev–Trinajstić information content (AvgIpc) is 3.04. The second-order valence-electron chi connectivity index (χ2n) is 7.51. The van der Waals surface area contributed by atoms with Crippen molar-refractivity contribution < 1.29 is 19.6 Å². The molecular formula is C25H29N2O3+. The summed E-state index contributed by atoms with van der Waals surface area (Å²) in [6.45, 7) is 7.91. The van der Waals surface area contributed by atoms with E-state index in [1.54, 1.807) is 13.8 Å². The van der Waals surface area contributed by atoms with Crippen molar-refractivity contribution in [3.8, 4) is 0 Å². The van der Waals surface area contributed by atoms with E-state index in [1.807, 2.05) is 30.4 Å². The van der Waals surface area contributed by atoms with Crippen molar-refractivity contribution in [3.63, 3.8) is 0 Å². The van der Waals surface area contributed by atoms with Crippen LogP contribution in [-0.4, -0.2) is 29.9 Å². The number of aromatic nitrogens is 1. The number of aryl methyl sites for hydroxylation is 3. The van der Waals surface area contributed by atoms with Crippen LogP contribution in [0.25, 0.3) is 0 Å². The SMILES string of the molecule is CCOC(=O)c1c(C)[nH]c(C)c1C(=O)C[NH2+][C@@H](c1ccccc1)c1ccc(C)cc1. The van der Waals surface area contributed by atoms with Gasteiger partial charge >= 0.3 is 5.97 Å². The van der Waals surface area contributed by atoms with Crippen LogP contribution in [0.5, 0.6) is 0 Å². The van der Waals surface area contributed by atoms with Crippen molar-refractivity contribution in [3.05, 3.63) is 93.8 Å². The van der Waals surface area contributed by atoms with Crippen LogP contribution in [0.2, 0.25) is 0 Å². The number of nitrogens with one attached hydrogen (secondary N) is 1. The first-order valence-electron chi connectivity index (χ1n) is 10.3. The number of rotatable bonds is 8. The molecule has 0 amide bonds. The van der Waals surface area contributed by atoms with E-state index in [2.05, 4.69) is 48.3 Å². The van der Waals surface area contributed by atoms with Crippen LogP contribution in [0, 0.1) is 20.8 Å². The molecule has 0 saturated heterocycles. The molecule has 0 radical (unpaired) electrons. The van der Waals surface area contributed by atoms with E-state index >= 15 is 0 Å². The van der Waals surface area contributed by atoms with Crippen LogP contribution >= 0.6 is 0 Å². The molecule has 0 aliphatic heterocycles. The Hall–Kier alpha value is -3.18. The summed E-state index contributed by atoms with van der Waals surface area (Å²) in [4.78, 5) is 28.7. The monoisotopic (exact) mass is 405 g/mol. The summed E-state index contributed by atoms with van der Waals surface area (Å²) >= 11 is 0. The number of hydrogen-bond donors (Lipinski definition) is 2. The molecule has 0 fully saturated rings. The minimum atomic E-state index is -0.458. The number of esters is 1. The minimum absolute atomic E-state index is 0.0119. The van der Waals surface area contributed by atoms with Crippen LogP contribution < -0.4 is 5.32 Å². The van der Waals surface area contributed by atoms with Gasteiger partial charge in [-0.1, -0.05) is 60.2 Å². The lowest BCUT2D eigenvalue weighted by Gasteiger charge is -2.17. The molecule has 0 saturated carbocycles. The predicted molar refractivity (Wildman–Crippen MR) is 117 cm³/mol. The van der Waals surface area contributed by atoms with Crippen LogP contribution in [0.4, 0.5) is 0 Å². The molecule has 3 aromatic rings. The zero-order valence-corrected chi connectivity index (χ0v) is 18.0. The maximum Gasteiger partial charge on any atom is 0.340 e. The molecule has 5 nitrogen and oxygen atoms in total. The fourth-order valence-corrected chi connectivity index (χ4v) is 3.81. The van der Waals surface area contributed by atoms with Crippen molar-refractivity contribution in [2.24, 2.45) is 0 Å². The topological polar surface area (TPSA) is 75.8 Å². The van der Waals surface area contributed by atoms with Gasteiger partial charge in [0.15, 0.2) is 0 Å². The van der Waals surface area contributed by atoms with Crippen molar-refractivity contribution in [2.45, 2.75) is 33.7 Å². The smallest absolute Gasteiger partial charge is 0.340 e. The normalized spacial score (nSPS) is 11.9. The molecule has 1 atom stereocenters. The van der Waals surface area contributed by atoms with Gasteiger partial charge in [-0.2, -0.15) is 0 Å². The number of hydrogen-bond acceptors (Lipinski definition) is 3. The van der Waals surface area contributed by atoms with Gasteiger partial charge < -0.3 is 15.0 Å². The van der Waals surface area contributed by atoms with E-state index in [4.69, 9.17) is 4.74 Å². The first-order chi connectivity index (χ1) is 14.4. The molecule has 0 unspecified atom stereocenters. The second-order valence-corrected chi connectivity index (χ2v) is 7.51. The first kappa shape index (κ1) is 21.5. The highest BCUT2D eigenvalue weighted by molar-refractivity contribution is 6.08. The van der Waals surface area contributed by atoms with Crippen LogP contribution in [0.15, 0.2) is 54.6 Å². The van der Waals surface area contributed by atoms with Crippen LogP contribution in [-0.2, 0) is 4.74 Å². The molecule has 3 N–H and O–H groups in total. The Bertz CT molecular complexity index is 1020. The predicted octanol–water partition coefficient (Wildman–Crippen LogP) is 3.65. The van der Waals surface area contributed by atoms with Gasteiger partial charge in [-0.05, 0) is 27.7 Å². The fraction of sp³-hybridized carbons (Fsp3) is 0.280. The largest absolute Gasteiger partial charge is 0.462 e. The summed E-state index contributed by atoms with van der Waals surface area (Å²) in [6, 6.07) is 18.5. The zero-order valence-electron chi connectivity index (χ0n) is 18.0. The Morgan fingerprint density at radius 3 is 2.13 bits per heavy atom. The number of quaternary nitrogens is 1. The van der Waals surface area contributed by atoms with E-state index in [9.17, 15) is 9.59 Å². The van der Waals surface area contributed by atoms with Crippen LogP contribution in [0.3, 0.4) is 0 Å². The summed E-state index contributed by atoms with van der Waals surface area (Å²) in [7, 11) is 0. The third kappa shape index (κ3) is 4.69. The maximum absolute atomic E-state index is 13.2. The lowest BCUT2D eigenvalue weighted by atomic mass is 9.97. The Morgan fingerprint density at radius 2 is 1.50 bits per heavy atom. The number of carbonyl (C=O) groups excluding carboxylic acids is 2. The molecule has 3 rings (SSSR count). The molecule has 0 aliphatic carbocycles. The highest BCUT2D eigenvalue weighted by atomic mass is 16.5. The molecule has 156 valence electrons. The standard InChI is InChI=1S/C25H28N2O3/c1-5-30-25(29)23-18(4)27-17(3)22(23)21(28)15-26-24(19-9-7-6-8-10-19)20-13-11-16(2)12-14-20/h6-14,24,26-27H,5,15H2,1-4H3/p+1/t24-/m0/s1. The molecule has 0 bridgehead atoms. The number of H-pyrrole nitrogens is 1. The molecule has 5 heteroatoms. The molecule has 30 heavy (non-hydrogen) atoms. The Kier molecular flexibility index (Phi) is 6.85. The summed E-state index contributed by atoms with van der Waals surface area (Å²) in [5.74, 6) is -0.547. The lowest BCUT2D eigenvalue weighted by Crippen LogP contribution is -2.87. The van der Waals surface area contributed by atoms with E-state index < -0.39 is 5.97 Å². The van der Waals surface area contributed by atoms with Gasteiger partial charge in [0.25, 0.3) is 0 Å². The number of ether oxygens (including phenoxy) is 1. The molecular weight excluding hydrogens is 376 g/mol. The van der Waals surface area contributed by atoms with Crippen molar-refractivity contribution in [1.29, 1.82) is 0 Å². The Labute approximate surface area is 177 Å².